The molecule has 0 unspecified atom stereocenters. The minimum atomic E-state index is -0.457. The van der Waals surface area contributed by atoms with Crippen molar-refractivity contribution in [2.75, 3.05) is 13.2 Å². The molecule has 0 radical (unpaired) electrons. The number of carbonyl (C=O) groups is 2. The van der Waals surface area contributed by atoms with Gasteiger partial charge in [0.2, 0.25) is 0 Å². The fourth-order valence-corrected chi connectivity index (χ4v) is 3.54. The highest BCUT2D eigenvalue weighted by molar-refractivity contribution is 9.10. The first-order valence-corrected chi connectivity index (χ1v) is 10.6. The Balaban J connectivity index is 1.92. The molecular formula is C23H23BrN2O4. The zero-order chi connectivity index (χ0) is 21.7. The number of ether oxygens (including phenoxy) is 2. The van der Waals surface area contributed by atoms with E-state index in [0.717, 1.165) is 21.5 Å². The molecule has 30 heavy (non-hydrogen) atoms. The van der Waals surface area contributed by atoms with Gasteiger partial charge in [0.05, 0.1) is 29.0 Å². The molecule has 2 aromatic rings. The van der Waals surface area contributed by atoms with Crippen molar-refractivity contribution in [1.82, 2.24) is 5.01 Å². The summed E-state index contributed by atoms with van der Waals surface area (Å²) in [5.74, 6) is 0.305. The highest BCUT2D eigenvalue weighted by atomic mass is 79.9. The van der Waals surface area contributed by atoms with E-state index in [9.17, 15) is 9.59 Å². The summed E-state index contributed by atoms with van der Waals surface area (Å²) >= 11 is 3.53. The van der Waals surface area contributed by atoms with Gasteiger partial charge in [-0.25, -0.2) is 0 Å². The maximum atomic E-state index is 12.9. The van der Waals surface area contributed by atoms with Gasteiger partial charge in [-0.3, -0.25) is 9.59 Å². The minimum Gasteiger partial charge on any atom is -0.490 e. The van der Waals surface area contributed by atoms with Crippen LogP contribution in [0.15, 0.2) is 57.6 Å². The van der Waals surface area contributed by atoms with Crippen LogP contribution in [0.25, 0.3) is 6.08 Å². The minimum absolute atomic E-state index is 0.357. The van der Waals surface area contributed by atoms with Gasteiger partial charge in [0.25, 0.3) is 11.8 Å². The SMILES string of the molecule is CCCOc1c(Br)cc(/C=C2/C(=O)N(C(=O)c3ccccc3)N=C2C)cc1OCC. The Kier molecular flexibility index (Phi) is 7.05. The predicted molar refractivity (Wildman–Crippen MR) is 120 cm³/mol. The lowest BCUT2D eigenvalue weighted by Crippen LogP contribution is -2.29. The van der Waals surface area contributed by atoms with Crippen LogP contribution in [-0.4, -0.2) is 35.7 Å². The molecule has 0 atom stereocenters. The van der Waals surface area contributed by atoms with Crippen molar-refractivity contribution in [2.45, 2.75) is 27.2 Å². The number of nitrogens with zero attached hydrogens (tertiary/aromatic N) is 2. The Bertz CT molecular complexity index is 1020. The molecule has 0 fully saturated rings. The molecule has 156 valence electrons. The lowest BCUT2D eigenvalue weighted by molar-refractivity contribution is -0.123. The van der Waals surface area contributed by atoms with Crippen LogP contribution in [0.1, 0.15) is 43.1 Å². The van der Waals surface area contributed by atoms with Gasteiger partial charge >= 0.3 is 0 Å². The van der Waals surface area contributed by atoms with Gasteiger partial charge < -0.3 is 9.47 Å². The molecule has 0 N–H and O–H groups in total. The summed E-state index contributed by atoms with van der Waals surface area (Å²) < 4.78 is 12.3. The number of halogens is 1. The van der Waals surface area contributed by atoms with E-state index in [1.54, 1.807) is 37.3 Å². The van der Waals surface area contributed by atoms with Crippen molar-refractivity contribution in [2.24, 2.45) is 5.10 Å². The van der Waals surface area contributed by atoms with Gasteiger partial charge in [-0.1, -0.05) is 25.1 Å². The smallest absolute Gasteiger partial charge is 0.283 e. The van der Waals surface area contributed by atoms with Crippen LogP contribution >= 0.6 is 15.9 Å². The summed E-state index contributed by atoms with van der Waals surface area (Å²) in [6.07, 6.45) is 2.58. The third kappa shape index (κ3) is 4.62. The standard InChI is InChI=1S/C23H23BrN2O4/c1-4-11-30-21-19(24)13-16(14-20(21)29-5-2)12-18-15(3)25-26(23(18)28)22(27)17-9-7-6-8-10-17/h6-10,12-14H,4-5,11H2,1-3H3/b18-12+. The summed E-state index contributed by atoms with van der Waals surface area (Å²) in [5, 5.41) is 5.09. The summed E-state index contributed by atoms with van der Waals surface area (Å²) in [4.78, 5) is 25.6. The van der Waals surface area contributed by atoms with E-state index in [0.29, 0.717) is 41.6 Å². The van der Waals surface area contributed by atoms with Gasteiger partial charge in [0.15, 0.2) is 11.5 Å². The van der Waals surface area contributed by atoms with E-state index in [1.807, 2.05) is 32.0 Å². The molecule has 6 nitrogen and oxygen atoms in total. The number of hydrogen-bond acceptors (Lipinski definition) is 5. The van der Waals surface area contributed by atoms with E-state index in [1.165, 1.54) is 0 Å². The average Bonchev–Trinajstić information content (AvgIpc) is 3.02. The third-order valence-electron chi connectivity index (χ3n) is 4.37. The molecule has 1 heterocycles. The molecule has 1 aliphatic heterocycles. The van der Waals surface area contributed by atoms with E-state index >= 15 is 0 Å². The number of hydrogen-bond donors (Lipinski definition) is 0. The number of carbonyl (C=O) groups excluding carboxylic acids is 2. The second kappa shape index (κ2) is 9.71. The normalized spacial score (nSPS) is 14.8. The Morgan fingerprint density at radius 2 is 1.90 bits per heavy atom. The lowest BCUT2D eigenvalue weighted by atomic mass is 10.1. The zero-order valence-electron chi connectivity index (χ0n) is 17.1. The monoisotopic (exact) mass is 470 g/mol. The van der Waals surface area contributed by atoms with Gasteiger partial charge in [-0.05, 0) is 72.1 Å². The van der Waals surface area contributed by atoms with E-state index in [-0.39, 0.29) is 0 Å². The Hall–Kier alpha value is -2.93. The summed E-state index contributed by atoms with van der Waals surface area (Å²) in [6.45, 7) is 6.68. The van der Waals surface area contributed by atoms with E-state index in [2.05, 4.69) is 21.0 Å². The van der Waals surface area contributed by atoms with Crippen LogP contribution in [0.2, 0.25) is 0 Å². The largest absolute Gasteiger partial charge is 0.490 e. The topological polar surface area (TPSA) is 68.2 Å². The molecule has 0 spiro atoms. The van der Waals surface area contributed by atoms with Gasteiger partial charge in [-0.2, -0.15) is 10.1 Å². The molecule has 0 bridgehead atoms. The maximum Gasteiger partial charge on any atom is 0.283 e. The zero-order valence-corrected chi connectivity index (χ0v) is 18.7. The summed E-state index contributed by atoms with van der Waals surface area (Å²) in [7, 11) is 0. The molecular weight excluding hydrogens is 448 g/mol. The van der Waals surface area contributed by atoms with Crippen molar-refractivity contribution in [3.8, 4) is 11.5 Å². The maximum absolute atomic E-state index is 12.9. The quantitative estimate of drug-likeness (QED) is 0.417. The second-order valence-corrected chi connectivity index (χ2v) is 7.50. The van der Waals surface area contributed by atoms with Crippen LogP contribution < -0.4 is 9.47 Å². The van der Waals surface area contributed by atoms with Crippen LogP contribution in [0.3, 0.4) is 0 Å². The van der Waals surface area contributed by atoms with Crippen molar-refractivity contribution in [3.05, 3.63) is 63.6 Å². The number of imide groups is 1. The van der Waals surface area contributed by atoms with Gasteiger partial charge in [-0.15, -0.1) is 0 Å². The molecule has 0 aromatic heterocycles. The highest BCUT2D eigenvalue weighted by Gasteiger charge is 2.33. The number of benzene rings is 2. The molecule has 0 saturated carbocycles. The number of hydrazone groups is 1. The fraction of sp³-hybridized carbons (Fsp3) is 0.261. The van der Waals surface area contributed by atoms with Crippen molar-refractivity contribution in [3.63, 3.8) is 0 Å². The molecule has 2 aromatic carbocycles. The van der Waals surface area contributed by atoms with Crippen molar-refractivity contribution >= 4 is 39.5 Å². The first kappa shape index (κ1) is 21.8. The fourth-order valence-electron chi connectivity index (χ4n) is 2.97. The molecule has 1 aliphatic rings. The Labute approximate surface area is 184 Å². The number of rotatable bonds is 7. The van der Waals surface area contributed by atoms with E-state index < -0.39 is 11.8 Å². The van der Waals surface area contributed by atoms with Gasteiger partial charge in [0, 0.05) is 5.56 Å². The van der Waals surface area contributed by atoms with Crippen molar-refractivity contribution in [1.29, 1.82) is 0 Å². The Morgan fingerprint density at radius 3 is 2.57 bits per heavy atom. The first-order valence-electron chi connectivity index (χ1n) is 9.76. The van der Waals surface area contributed by atoms with Gasteiger partial charge in [0.1, 0.15) is 0 Å². The predicted octanol–water partition coefficient (Wildman–Crippen LogP) is 5.08. The lowest BCUT2D eigenvalue weighted by Gasteiger charge is -2.14. The number of amides is 2. The van der Waals surface area contributed by atoms with Crippen LogP contribution in [0.4, 0.5) is 0 Å². The third-order valence-corrected chi connectivity index (χ3v) is 4.96. The van der Waals surface area contributed by atoms with Crippen molar-refractivity contribution < 1.29 is 19.1 Å². The average molecular weight is 471 g/mol. The Morgan fingerprint density at radius 1 is 1.17 bits per heavy atom. The molecule has 0 saturated heterocycles. The molecule has 0 aliphatic carbocycles. The second-order valence-electron chi connectivity index (χ2n) is 6.64. The first-order chi connectivity index (χ1) is 14.5. The van der Waals surface area contributed by atoms with Crippen LogP contribution in [0, 0.1) is 0 Å². The van der Waals surface area contributed by atoms with Crippen LogP contribution in [-0.2, 0) is 4.79 Å². The molecule has 2 amide bonds. The summed E-state index contributed by atoms with van der Waals surface area (Å²) in [5.41, 5.74) is 1.98. The van der Waals surface area contributed by atoms with Crippen LogP contribution in [0.5, 0.6) is 11.5 Å². The molecule has 7 heteroatoms. The molecule has 3 rings (SSSR count). The summed E-state index contributed by atoms with van der Waals surface area (Å²) in [6, 6.07) is 12.3. The van der Waals surface area contributed by atoms with E-state index in [4.69, 9.17) is 9.47 Å². The highest BCUT2D eigenvalue weighted by Crippen LogP contribution is 2.38.